The molecule has 7 aromatic rings. The van der Waals surface area contributed by atoms with Crippen molar-refractivity contribution in [2.24, 2.45) is 0 Å². The van der Waals surface area contributed by atoms with Crippen molar-refractivity contribution in [3.8, 4) is 11.1 Å². The van der Waals surface area contributed by atoms with Crippen molar-refractivity contribution >= 4 is 66.0 Å². The molecular formula is C61H66Br2N2. The molecule has 0 N–H and O–H groups in total. The van der Waals surface area contributed by atoms with Crippen molar-refractivity contribution in [1.82, 2.24) is 0 Å². The van der Waals surface area contributed by atoms with E-state index in [4.69, 9.17) is 0 Å². The Hall–Kier alpha value is -4.90. The Balaban J connectivity index is 1.35. The van der Waals surface area contributed by atoms with Crippen molar-refractivity contribution in [2.75, 3.05) is 9.80 Å². The van der Waals surface area contributed by atoms with Crippen LogP contribution < -0.4 is 9.80 Å². The van der Waals surface area contributed by atoms with Gasteiger partial charge in [-0.05, 0) is 201 Å². The Morgan fingerprint density at radius 3 is 1.14 bits per heavy atom. The van der Waals surface area contributed by atoms with Crippen molar-refractivity contribution in [2.45, 2.75) is 126 Å². The number of anilines is 6. The molecule has 0 aromatic heterocycles. The third kappa shape index (κ3) is 10.3. The smallest absolute Gasteiger partial charge is 0.0520 e. The van der Waals surface area contributed by atoms with Gasteiger partial charge in [-0.15, -0.1) is 0 Å². The number of rotatable bonds is 17. The van der Waals surface area contributed by atoms with Crippen LogP contribution in [0, 0.1) is 41.5 Å². The average Bonchev–Trinajstić information content (AvgIpc) is 3.60. The van der Waals surface area contributed by atoms with Gasteiger partial charge < -0.3 is 9.80 Å². The van der Waals surface area contributed by atoms with E-state index in [1.807, 2.05) is 0 Å². The molecule has 8 rings (SSSR count). The third-order valence-electron chi connectivity index (χ3n) is 13.4. The molecule has 0 aliphatic heterocycles. The summed E-state index contributed by atoms with van der Waals surface area (Å²) in [5, 5.41) is 0. The molecule has 0 saturated carbocycles. The van der Waals surface area contributed by atoms with Crippen LogP contribution in [0.15, 0.2) is 136 Å². The van der Waals surface area contributed by atoms with Gasteiger partial charge in [0.15, 0.2) is 0 Å². The van der Waals surface area contributed by atoms with E-state index in [2.05, 4.69) is 224 Å². The molecule has 0 spiro atoms. The van der Waals surface area contributed by atoms with Gasteiger partial charge in [-0.3, -0.25) is 0 Å². The second-order valence-corrected chi connectivity index (χ2v) is 20.6. The molecule has 0 radical (unpaired) electrons. The predicted octanol–water partition coefficient (Wildman–Crippen LogP) is 19.4. The molecule has 7 aromatic carbocycles. The van der Waals surface area contributed by atoms with Gasteiger partial charge >= 0.3 is 0 Å². The van der Waals surface area contributed by atoms with Gasteiger partial charge in [-0.2, -0.15) is 0 Å². The van der Waals surface area contributed by atoms with Crippen LogP contribution in [0.5, 0.6) is 0 Å². The number of nitrogens with zero attached hydrogens (tertiary/aromatic N) is 2. The monoisotopic (exact) mass is 984 g/mol. The van der Waals surface area contributed by atoms with Crippen LogP contribution in [-0.2, 0) is 12.8 Å². The highest BCUT2D eigenvalue weighted by molar-refractivity contribution is 9.10. The lowest BCUT2D eigenvalue weighted by Crippen LogP contribution is -2.14. The summed E-state index contributed by atoms with van der Waals surface area (Å²) in [5.74, 6) is 0.0591. The molecule has 1 aliphatic carbocycles. The van der Waals surface area contributed by atoms with Gasteiger partial charge in [0.2, 0.25) is 0 Å². The summed E-state index contributed by atoms with van der Waals surface area (Å²) in [5.41, 5.74) is 24.6. The molecule has 0 heterocycles. The summed E-state index contributed by atoms with van der Waals surface area (Å²) in [4.78, 5) is 4.98. The number of hydrogen-bond donors (Lipinski definition) is 0. The number of hydrogen-bond acceptors (Lipinski definition) is 2. The van der Waals surface area contributed by atoms with E-state index in [9.17, 15) is 0 Å². The van der Waals surface area contributed by atoms with E-state index in [0.29, 0.717) is 0 Å². The summed E-state index contributed by atoms with van der Waals surface area (Å²) in [7, 11) is 0. The largest absolute Gasteiger partial charge is 0.310 e. The van der Waals surface area contributed by atoms with E-state index in [1.165, 1.54) is 146 Å². The van der Waals surface area contributed by atoms with E-state index in [1.54, 1.807) is 0 Å². The fourth-order valence-electron chi connectivity index (χ4n) is 10.7. The molecule has 0 saturated heterocycles. The minimum atomic E-state index is 0.0591. The van der Waals surface area contributed by atoms with E-state index in [0.717, 1.165) is 33.2 Å². The molecule has 0 bridgehead atoms. The summed E-state index contributed by atoms with van der Waals surface area (Å²) in [6.45, 7) is 18.1. The average molecular weight is 987 g/mol. The van der Waals surface area contributed by atoms with Gasteiger partial charge in [0.1, 0.15) is 0 Å². The predicted molar refractivity (Wildman–Crippen MR) is 288 cm³/mol. The van der Waals surface area contributed by atoms with Crippen LogP contribution in [0.2, 0.25) is 0 Å². The van der Waals surface area contributed by atoms with E-state index < -0.39 is 0 Å². The Morgan fingerprint density at radius 1 is 0.400 bits per heavy atom. The molecular weight excluding hydrogens is 920 g/mol. The Labute approximate surface area is 407 Å². The van der Waals surface area contributed by atoms with Gasteiger partial charge in [-0.1, -0.05) is 150 Å². The first-order chi connectivity index (χ1) is 31.4. The van der Waals surface area contributed by atoms with Gasteiger partial charge in [0.05, 0.1) is 11.4 Å². The normalized spacial score (nSPS) is 12.1. The number of unbranched alkanes of at least 4 members (excludes halogenated alkanes) is 6. The summed E-state index contributed by atoms with van der Waals surface area (Å²) >= 11 is 7.46. The standard InChI is InChI=1S/C61H66Br2N2/c1-9-11-13-15-17-46-35-47(18-16-14-12-10-2)37-48(36-46)59-57-38-53(64(51-23-19-49(62)20-24-51)60-42(5)31-40(3)32-43(60)6)27-29-55(57)56-30-28-54(39-58(56)59)65(52-25-21-50(63)22-26-52)61-44(7)33-41(4)34-45(61)8/h19-39,59H,9-18H2,1-8H3. The minimum absolute atomic E-state index is 0.0591. The maximum atomic E-state index is 3.73. The van der Waals surface area contributed by atoms with Crippen LogP contribution in [0.4, 0.5) is 34.1 Å². The van der Waals surface area contributed by atoms with E-state index in [-0.39, 0.29) is 5.92 Å². The van der Waals surface area contributed by atoms with Crippen LogP contribution in [0.1, 0.15) is 132 Å². The molecule has 0 atom stereocenters. The maximum Gasteiger partial charge on any atom is 0.0520 e. The van der Waals surface area contributed by atoms with Gasteiger partial charge in [0.25, 0.3) is 0 Å². The van der Waals surface area contributed by atoms with Crippen molar-refractivity contribution < 1.29 is 0 Å². The number of fused-ring (bicyclic) bond motifs is 3. The molecule has 65 heavy (non-hydrogen) atoms. The van der Waals surface area contributed by atoms with Crippen LogP contribution in [0.3, 0.4) is 0 Å². The van der Waals surface area contributed by atoms with Crippen LogP contribution in [-0.4, -0.2) is 0 Å². The van der Waals surface area contributed by atoms with Crippen LogP contribution >= 0.6 is 31.9 Å². The molecule has 4 heteroatoms. The first-order valence-electron chi connectivity index (χ1n) is 24.1. The zero-order valence-electron chi connectivity index (χ0n) is 39.9. The lowest BCUT2D eigenvalue weighted by atomic mass is 9.85. The lowest BCUT2D eigenvalue weighted by molar-refractivity contribution is 0.660. The summed E-state index contributed by atoms with van der Waals surface area (Å²) < 4.78 is 2.15. The summed E-state index contributed by atoms with van der Waals surface area (Å²) in [6.07, 6.45) is 12.3. The Kier molecular flexibility index (Phi) is 14.9. The van der Waals surface area contributed by atoms with Gasteiger partial charge in [-0.25, -0.2) is 0 Å². The number of halogens is 2. The van der Waals surface area contributed by atoms with Crippen LogP contribution in [0.25, 0.3) is 11.1 Å². The highest BCUT2D eigenvalue weighted by atomic mass is 79.9. The Bertz CT molecular complexity index is 2550. The highest BCUT2D eigenvalue weighted by Crippen LogP contribution is 2.53. The zero-order chi connectivity index (χ0) is 45.8. The molecule has 0 amide bonds. The summed E-state index contributed by atoms with van der Waals surface area (Å²) in [6, 6.07) is 49.2. The maximum absolute atomic E-state index is 3.73. The van der Waals surface area contributed by atoms with Gasteiger partial charge in [0, 0.05) is 37.6 Å². The lowest BCUT2D eigenvalue weighted by Gasteiger charge is -2.30. The third-order valence-corrected chi connectivity index (χ3v) is 14.5. The topological polar surface area (TPSA) is 6.48 Å². The molecule has 1 aliphatic rings. The number of aryl methyl sites for hydroxylation is 8. The Morgan fingerprint density at radius 2 is 0.769 bits per heavy atom. The molecule has 334 valence electrons. The van der Waals surface area contributed by atoms with Crippen molar-refractivity contribution in [3.05, 3.63) is 198 Å². The quantitative estimate of drug-likeness (QED) is 0.0839. The van der Waals surface area contributed by atoms with Crippen molar-refractivity contribution in [1.29, 1.82) is 0 Å². The fourth-order valence-corrected chi connectivity index (χ4v) is 11.2. The molecule has 0 fully saturated rings. The van der Waals surface area contributed by atoms with Crippen molar-refractivity contribution in [3.63, 3.8) is 0 Å². The minimum Gasteiger partial charge on any atom is -0.310 e. The fraction of sp³-hybridized carbons (Fsp3) is 0.311. The zero-order valence-corrected chi connectivity index (χ0v) is 43.1. The second-order valence-electron chi connectivity index (χ2n) is 18.8. The first kappa shape index (κ1) is 46.6. The number of benzene rings is 7. The second kappa shape index (κ2) is 20.7. The van der Waals surface area contributed by atoms with E-state index >= 15 is 0 Å². The first-order valence-corrected chi connectivity index (χ1v) is 25.7. The highest BCUT2D eigenvalue weighted by Gasteiger charge is 2.33. The molecule has 2 nitrogen and oxygen atoms in total. The molecule has 0 unspecified atom stereocenters. The SMILES string of the molecule is CCCCCCc1cc(CCCCCC)cc(C2c3cc(N(c4ccc(Br)cc4)c4c(C)cc(C)cc4C)ccc3-c3ccc(N(c4ccc(Br)cc4)c4c(C)cc(C)cc4C)cc32)c1.